The van der Waals surface area contributed by atoms with E-state index in [1.807, 2.05) is 13.8 Å². The molecule has 0 aromatic heterocycles. The van der Waals surface area contributed by atoms with Crippen LogP contribution in [0.5, 0.6) is 0 Å². The van der Waals surface area contributed by atoms with E-state index < -0.39 is 5.82 Å². The summed E-state index contributed by atoms with van der Waals surface area (Å²) in [5.74, 6) is -0.668. The molecule has 0 bridgehead atoms. The Morgan fingerprint density at radius 2 is 2.24 bits per heavy atom. The molecule has 0 aliphatic heterocycles. The number of carbonyl (C=O) groups is 1. The van der Waals surface area contributed by atoms with Crippen LogP contribution in [0.2, 0.25) is 0 Å². The van der Waals surface area contributed by atoms with Crippen LogP contribution >= 0.6 is 0 Å². The van der Waals surface area contributed by atoms with Crippen molar-refractivity contribution in [3.05, 3.63) is 35.1 Å². The summed E-state index contributed by atoms with van der Waals surface area (Å²) in [5, 5.41) is 2.69. The second-order valence-corrected chi connectivity index (χ2v) is 4.25. The molecule has 1 rings (SSSR count). The molecule has 4 heteroatoms. The molecule has 0 fully saturated rings. The number of ether oxygens (including phenoxy) is 1. The average molecular weight is 239 g/mol. The van der Waals surface area contributed by atoms with Crippen molar-refractivity contribution in [1.29, 1.82) is 0 Å². The molecule has 0 aliphatic carbocycles. The summed E-state index contributed by atoms with van der Waals surface area (Å²) in [6.07, 6.45) is 0. The highest BCUT2D eigenvalue weighted by molar-refractivity contribution is 5.94. The van der Waals surface area contributed by atoms with Crippen molar-refractivity contribution in [2.24, 2.45) is 5.92 Å². The molecule has 0 saturated heterocycles. The van der Waals surface area contributed by atoms with Gasteiger partial charge in [0.25, 0.3) is 5.91 Å². The number of nitrogens with one attached hydrogen (secondary N) is 1. The van der Waals surface area contributed by atoms with Crippen LogP contribution in [0.15, 0.2) is 18.2 Å². The highest BCUT2D eigenvalue weighted by atomic mass is 19.1. The largest absolute Gasteiger partial charge is 0.384 e. The van der Waals surface area contributed by atoms with E-state index >= 15 is 0 Å². The Morgan fingerprint density at radius 3 is 2.88 bits per heavy atom. The van der Waals surface area contributed by atoms with E-state index in [0.29, 0.717) is 13.2 Å². The molecule has 0 saturated carbocycles. The van der Waals surface area contributed by atoms with Crippen molar-refractivity contribution in [3.8, 4) is 0 Å². The second kappa shape index (κ2) is 6.35. The summed E-state index contributed by atoms with van der Waals surface area (Å²) >= 11 is 0. The smallest absolute Gasteiger partial charge is 0.254 e. The molecule has 1 aromatic rings. The maximum absolute atomic E-state index is 13.4. The zero-order chi connectivity index (χ0) is 12.8. The van der Waals surface area contributed by atoms with Gasteiger partial charge in [-0.3, -0.25) is 4.79 Å². The van der Waals surface area contributed by atoms with Crippen LogP contribution in [0.1, 0.15) is 22.8 Å². The molecular formula is C13H18FNO2. The van der Waals surface area contributed by atoms with Crippen molar-refractivity contribution < 1.29 is 13.9 Å². The Hall–Kier alpha value is -1.42. The molecule has 3 nitrogen and oxygen atoms in total. The zero-order valence-corrected chi connectivity index (χ0v) is 10.4. The predicted octanol–water partition coefficient (Wildman–Crippen LogP) is 2.15. The third kappa shape index (κ3) is 4.15. The highest BCUT2D eigenvalue weighted by Crippen LogP contribution is 2.09. The molecule has 1 N–H and O–H groups in total. The van der Waals surface area contributed by atoms with Crippen LogP contribution in [0.4, 0.5) is 4.39 Å². The van der Waals surface area contributed by atoms with Crippen LogP contribution in [-0.2, 0) is 4.74 Å². The van der Waals surface area contributed by atoms with Gasteiger partial charge in [-0.25, -0.2) is 4.39 Å². The van der Waals surface area contributed by atoms with Crippen LogP contribution in [0.3, 0.4) is 0 Å². The summed E-state index contributed by atoms with van der Waals surface area (Å²) in [7, 11) is 1.61. The quantitative estimate of drug-likeness (QED) is 0.855. The van der Waals surface area contributed by atoms with Gasteiger partial charge >= 0.3 is 0 Å². The van der Waals surface area contributed by atoms with E-state index in [4.69, 9.17) is 4.74 Å². The summed E-state index contributed by atoms with van der Waals surface area (Å²) in [4.78, 5) is 11.7. The third-order valence-corrected chi connectivity index (χ3v) is 2.43. The Balaban J connectivity index is 2.61. The number of hydrogen-bond donors (Lipinski definition) is 1. The lowest BCUT2D eigenvalue weighted by molar-refractivity contribution is 0.0930. The van der Waals surface area contributed by atoms with Gasteiger partial charge in [0, 0.05) is 13.7 Å². The predicted molar refractivity (Wildman–Crippen MR) is 64.5 cm³/mol. The Kier molecular flexibility index (Phi) is 5.10. The second-order valence-electron chi connectivity index (χ2n) is 4.25. The van der Waals surface area contributed by atoms with E-state index in [2.05, 4.69) is 5.32 Å². The topological polar surface area (TPSA) is 38.3 Å². The summed E-state index contributed by atoms with van der Waals surface area (Å²) < 4.78 is 18.4. The molecule has 1 amide bonds. The Morgan fingerprint density at radius 1 is 1.53 bits per heavy atom. The first-order valence-corrected chi connectivity index (χ1v) is 5.58. The maximum atomic E-state index is 13.4. The van der Waals surface area contributed by atoms with E-state index in [9.17, 15) is 9.18 Å². The fraction of sp³-hybridized carbons (Fsp3) is 0.462. The molecule has 1 unspecified atom stereocenters. The molecule has 17 heavy (non-hydrogen) atoms. The number of halogens is 1. The van der Waals surface area contributed by atoms with E-state index in [-0.39, 0.29) is 17.4 Å². The normalized spacial score (nSPS) is 12.2. The van der Waals surface area contributed by atoms with Gasteiger partial charge in [0.2, 0.25) is 0 Å². The van der Waals surface area contributed by atoms with Crippen LogP contribution in [-0.4, -0.2) is 26.2 Å². The summed E-state index contributed by atoms with van der Waals surface area (Å²) in [6, 6.07) is 4.49. The van der Waals surface area contributed by atoms with Gasteiger partial charge < -0.3 is 10.1 Å². The van der Waals surface area contributed by atoms with Crippen LogP contribution in [0.25, 0.3) is 0 Å². The van der Waals surface area contributed by atoms with Gasteiger partial charge in [-0.05, 0) is 25.0 Å². The highest BCUT2D eigenvalue weighted by Gasteiger charge is 2.12. The number of rotatable bonds is 5. The molecule has 1 aromatic carbocycles. The first kappa shape index (κ1) is 13.6. The lowest BCUT2D eigenvalue weighted by Gasteiger charge is -2.12. The van der Waals surface area contributed by atoms with Crippen molar-refractivity contribution >= 4 is 5.91 Å². The first-order chi connectivity index (χ1) is 8.04. The molecule has 1 atom stereocenters. The summed E-state index contributed by atoms with van der Waals surface area (Å²) in [6.45, 7) is 4.82. The molecule has 0 aliphatic rings. The monoisotopic (exact) mass is 239 g/mol. The van der Waals surface area contributed by atoms with Gasteiger partial charge in [-0.1, -0.05) is 18.6 Å². The van der Waals surface area contributed by atoms with Gasteiger partial charge in [0.1, 0.15) is 5.82 Å². The zero-order valence-electron chi connectivity index (χ0n) is 10.4. The fourth-order valence-corrected chi connectivity index (χ4v) is 1.52. The standard InChI is InChI=1S/C13H18FNO2/c1-9-4-5-12(14)11(6-9)13(16)15-7-10(2)8-17-3/h4-6,10H,7-8H2,1-3H3,(H,15,16). The van der Waals surface area contributed by atoms with Gasteiger partial charge in [-0.2, -0.15) is 0 Å². The number of methoxy groups -OCH3 is 1. The number of aryl methyl sites for hydroxylation is 1. The minimum atomic E-state index is -0.493. The molecule has 0 spiro atoms. The van der Waals surface area contributed by atoms with Crippen LogP contribution < -0.4 is 5.32 Å². The first-order valence-electron chi connectivity index (χ1n) is 5.58. The van der Waals surface area contributed by atoms with E-state index in [0.717, 1.165) is 5.56 Å². The number of amides is 1. The lowest BCUT2D eigenvalue weighted by atomic mass is 10.1. The minimum absolute atomic E-state index is 0.0922. The molecular weight excluding hydrogens is 221 g/mol. The van der Waals surface area contributed by atoms with Crippen LogP contribution in [0, 0.1) is 18.7 Å². The average Bonchev–Trinajstić information content (AvgIpc) is 2.29. The third-order valence-electron chi connectivity index (χ3n) is 2.43. The van der Waals surface area contributed by atoms with Gasteiger partial charge in [-0.15, -0.1) is 0 Å². The Labute approximate surface area is 101 Å². The molecule has 0 radical (unpaired) electrons. The van der Waals surface area contributed by atoms with Crippen molar-refractivity contribution in [3.63, 3.8) is 0 Å². The van der Waals surface area contributed by atoms with Gasteiger partial charge in [0.05, 0.1) is 12.2 Å². The van der Waals surface area contributed by atoms with E-state index in [1.165, 1.54) is 6.07 Å². The van der Waals surface area contributed by atoms with E-state index in [1.54, 1.807) is 19.2 Å². The fourth-order valence-electron chi connectivity index (χ4n) is 1.52. The molecule has 0 heterocycles. The van der Waals surface area contributed by atoms with Gasteiger partial charge in [0.15, 0.2) is 0 Å². The minimum Gasteiger partial charge on any atom is -0.384 e. The maximum Gasteiger partial charge on any atom is 0.254 e. The Bertz CT molecular complexity index is 393. The number of carbonyl (C=O) groups excluding carboxylic acids is 1. The van der Waals surface area contributed by atoms with Crippen molar-refractivity contribution in [1.82, 2.24) is 5.32 Å². The number of hydrogen-bond acceptors (Lipinski definition) is 2. The van der Waals surface area contributed by atoms with Crippen molar-refractivity contribution in [2.75, 3.05) is 20.3 Å². The number of benzene rings is 1. The van der Waals surface area contributed by atoms with Crippen molar-refractivity contribution in [2.45, 2.75) is 13.8 Å². The molecule has 94 valence electrons. The lowest BCUT2D eigenvalue weighted by Crippen LogP contribution is -2.30. The summed E-state index contributed by atoms with van der Waals surface area (Å²) in [5.41, 5.74) is 0.955. The SMILES string of the molecule is COCC(C)CNC(=O)c1cc(C)ccc1F.